The Bertz CT molecular complexity index is 615. The van der Waals surface area contributed by atoms with Gasteiger partial charge in [-0.3, -0.25) is 9.48 Å². The number of aryl methyl sites for hydroxylation is 1. The highest BCUT2D eigenvalue weighted by Crippen LogP contribution is 2.27. The Hall–Kier alpha value is -2.02. The van der Waals surface area contributed by atoms with Gasteiger partial charge in [-0.15, -0.1) is 11.3 Å². The molecule has 0 atom stereocenters. The van der Waals surface area contributed by atoms with Crippen molar-refractivity contribution in [2.75, 3.05) is 7.11 Å². The van der Waals surface area contributed by atoms with E-state index in [2.05, 4.69) is 14.8 Å². The van der Waals surface area contributed by atoms with Gasteiger partial charge in [0.05, 0.1) is 7.11 Å². The van der Waals surface area contributed by atoms with E-state index in [1.54, 1.807) is 24.0 Å². The number of hydrogen-bond acceptors (Lipinski definition) is 6. The van der Waals surface area contributed by atoms with Crippen molar-refractivity contribution >= 4 is 23.1 Å². The zero-order chi connectivity index (χ0) is 13.3. The molecule has 2 rings (SSSR count). The Labute approximate surface area is 107 Å². The minimum Gasteiger partial charge on any atom is -0.464 e. The van der Waals surface area contributed by atoms with Crippen LogP contribution in [-0.4, -0.2) is 33.6 Å². The minimum atomic E-state index is -0.612. The molecule has 7 heteroatoms. The van der Waals surface area contributed by atoms with E-state index in [0.29, 0.717) is 15.6 Å². The fraction of sp³-hybridized carbons (Fsp3) is 0.273. The molecule has 2 heterocycles. The lowest BCUT2D eigenvalue weighted by molar-refractivity contribution is 0.0591. The van der Waals surface area contributed by atoms with Gasteiger partial charge in [0.1, 0.15) is 15.6 Å². The average Bonchev–Trinajstić information content (AvgIpc) is 2.93. The molecule has 0 aromatic carbocycles. The number of rotatable bonds is 3. The molecule has 0 N–H and O–H groups in total. The lowest BCUT2D eigenvalue weighted by atomic mass is 10.3. The molecule has 0 radical (unpaired) electrons. The van der Waals surface area contributed by atoms with Crippen LogP contribution in [0, 0.1) is 0 Å². The Morgan fingerprint density at radius 1 is 1.44 bits per heavy atom. The molecule has 6 nitrogen and oxygen atoms in total. The highest BCUT2D eigenvalue weighted by Gasteiger charge is 2.23. The van der Waals surface area contributed by atoms with Crippen LogP contribution < -0.4 is 0 Å². The Morgan fingerprint density at radius 3 is 2.67 bits per heavy atom. The summed E-state index contributed by atoms with van der Waals surface area (Å²) in [4.78, 5) is 27.4. The van der Waals surface area contributed by atoms with Crippen LogP contribution in [0.25, 0.3) is 10.7 Å². The molecular formula is C11H11N3O3S. The largest absolute Gasteiger partial charge is 0.464 e. The van der Waals surface area contributed by atoms with Gasteiger partial charge in [0.2, 0.25) is 0 Å². The van der Waals surface area contributed by atoms with Gasteiger partial charge in [-0.05, 0) is 6.07 Å². The molecule has 0 spiro atoms. The molecule has 0 aliphatic rings. The summed E-state index contributed by atoms with van der Waals surface area (Å²) < 4.78 is 6.24. The zero-order valence-corrected chi connectivity index (χ0v) is 10.9. The monoisotopic (exact) mass is 265 g/mol. The number of ketones is 1. The highest BCUT2D eigenvalue weighted by molar-refractivity contribution is 7.17. The van der Waals surface area contributed by atoms with Crippen LogP contribution in [0.15, 0.2) is 12.3 Å². The number of carbonyl (C=O) groups excluding carboxylic acids is 2. The average molecular weight is 265 g/mol. The maximum absolute atomic E-state index is 11.5. The van der Waals surface area contributed by atoms with Gasteiger partial charge >= 0.3 is 5.97 Å². The van der Waals surface area contributed by atoms with Gasteiger partial charge in [-0.1, -0.05) is 0 Å². The van der Waals surface area contributed by atoms with E-state index in [1.165, 1.54) is 14.0 Å². The smallest absolute Gasteiger partial charge is 0.358 e. The molecule has 18 heavy (non-hydrogen) atoms. The summed E-state index contributed by atoms with van der Waals surface area (Å²) >= 11 is 1.14. The molecule has 0 aliphatic carbocycles. The van der Waals surface area contributed by atoms with E-state index in [0.717, 1.165) is 11.3 Å². The molecule has 0 fully saturated rings. The number of carbonyl (C=O) groups is 2. The summed E-state index contributed by atoms with van der Waals surface area (Å²) in [5.74, 6) is -0.825. The Morgan fingerprint density at radius 2 is 2.17 bits per heavy atom. The number of esters is 1. The zero-order valence-electron chi connectivity index (χ0n) is 10.1. The molecule has 2 aromatic heterocycles. The summed E-state index contributed by atoms with van der Waals surface area (Å²) in [6.07, 6.45) is 1.77. The summed E-state index contributed by atoms with van der Waals surface area (Å²) in [6, 6.07) is 1.77. The standard InChI is InChI=1S/C11H11N3O3S/c1-6(15)9-8(11(16)17-3)12-10(18-9)7-4-5-14(2)13-7/h4-5H,1-3H3. The predicted molar refractivity (Wildman–Crippen MR) is 65.7 cm³/mol. The van der Waals surface area contributed by atoms with E-state index < -0.39 is 5.97 Å². The van der Waals surface area contributed by atoms with Crippen molar-refractivity contribution in [2.24, 2.45) is 7.05 Å². The summed E-state index contributed by atoms with van der Waals surface area (Å²) in [5.41, 5.74) is 0.677. The quantitative estimate of drug-likeness (QED) is 0.621. The molecule has 0 unspecified atom stereocenters. The number of aromatic nitrogens is 3. The number of thiazole rings is 1. The van der Waals surface area contributed by atoms with Gasteiger partial charge in [0.25, 0.3) is 0 Å². The first kappa shape index (κ1) is 12.4. The van der Waals surface area contributed by atoms with Gasteiger partial charge in [-0.2, -0.15) is 5.10 Å². The third kappa shape index (κ3) is 2.17. The summed E-state index contributed by atoms with van der Waals surface area (Å²) in [7, 11) is 3.04. The SMILES string of the molecule is COC(=O)c1nc(-c2ccn(C)n2)sc1C(C)=O. The van der Waals surface area contributed by atoms with E-state index >= 15 is 0 Å². The first-order valence-electron chi connectivity index (χ1n) is 5.13. The fourth-order valence-electron chi connectivity index (χ4n) is 1.43. The normalized spacial score (nSPS) is 10.4. The van der Waals surface area contributed by atoms with Crippen LogP contribution in [0.5, 0.6) is 0 Å². The number of methoxy groups -OCH3 is 1. The van der Waals surface area contributed by atoms with Crippen molar-refractivity contribution in [1.29, 1.82) is 0 Å². The first-order chi connectivity index (χ1) is 8.52. The third-order valence-electron chi connectivity index (χ3n) is 2.26. The Kier molecular flexibility index (Phi) is 3.24. The molecule has 2 aromatic rings. The van der Waals surface area contributed by atoms with Gasteiger partial charge in [0, 0.05) is 20.2 Å². The van der Waals surface area contributed by atoms with Crippen molar-refractivity contribution in [1.82, 2.24) is 14.8 Å². The lowest BCUT2D eigenvalue weighted by Gasteiger charge is -1.95. The Balaban J connectivity index is 2.52. The van der Waals surface area contributed by atoms with Crippen LogP contribution in [0.4, 0.5) is 0 Å². The van der Waals surface area contributed by atoms with Crippen molar-refractivity contribution in [3.8, 4) is 10.7 Å². The molecule has 0 aliphatic heterocycles. The highest BCUT2D eigenvalue weighted by atomic mass is 32.1. The third-order valence-corrected chi connectivity index (χ3v) is 3.44. The van der Waals surface area contributed by atoms with Crippen molar-refractivity contribution in [3.63, 3.8) is 0 Å². The van der Waals surface area contributed by atoms with Crippen molar-refractivity contribution < 1.29 is 14.3 Å². The van der Waals surface area contributed by atoms with Crippen LogP contribution in [0.1, 0.15) is 27.1 Å². The summed E-state index contributed by atoms with van der Waals surface area (Å²) in [5, 5.41) is 4.71. The van der Waals surface area contributed by atoms with Gasteiger partial charge < -0.3 is 4.74 Å². The van der Waals surface area contributed by atoms with E-state index in [1.807, 2.05) is 0 Å². The first-order valence-corrected chi connectivity index (χ1v) is 5.94. The van der Waals surface area contributed by atoms with Crippen molar-refractivity contribution in [2.45, 2.75) is 6.92 Å². The second-order valence-electron chi connectivity index (χ2n) is 3.62. The molecule has 0 saturated carbocycles. The number of ether oxygens (including phenoxy) is 1. The van der Waals surface area contributed by atoms with Crippen LogP contribution in [0.3, 0.4) is 0 Å². The maximum atomic E-state index is 11.5. The van der Waals surface area contributed by atoms with E-state index in [-0.39, 0.29) is 11.5 Å². The van der Waals surface area contributed by atoms with Crippen LogP contribution in [0.2, 0.25) is 0 Å². The van der Waals surface area contributed by atoms with Crippen LogP contribution in [-0.2, 0) is 11.8 Å². The second kappa shape index (κ2) is 4.69. The van der Waals surface area contributed by atoms with Crippen LogP contribution >= 0.6 is 11.3 Å². The van der Waals surface area contributed by atoms with Gasteiger partial charge in [-0.25, -0.2) is 9.78 Å². The number of nitrogens with zero attached hydrogens (tertiary/aromatic N) is 3. The maximum Gasteiger partial charge on any atom is 0.358 e. The lowest BCUT2D eigenvalue weighted by Crippen LogP contribution is -2.06. The summed E-state index contributed by atoms with van der Waals surface area (Å²) in [6.45, 7) is 1.39. The van der Waals surface area contributed by atoms with Crippen molar-refractivity contribution in [3.05, 3.63) is 22.8 Å². The fourth-order valence-corrected chi connectivity index (χ4v) is 2.35. The molecule has 0 bridgehead atoms. The number of hydrogen-bond donors (Lipinski definition) is 0. The van der Waals surface area contributed by atoms with E-state index in [9.17, 15) is 9.59 Å². The molecular weight excluding hydrogens is 254 g/mol. The minimum absolute atomic E-state index is 0.0515. The van der Waals surface area contributed by atoms with E-state index in [4.69, 9.17) is 0 Å². The molecule has 0 saturated heterocycles. The molecule has 0 amide bonds. The molecule has 94 valence electrons. The second-order valence-corrected chi connectivity index (χ2v) is 4.62. The topological polar surface area (TPSA) is 74.1 Å². The van der Waals surface area contributed by atoms with Gasteiger partial charge in [0.15, 0.2) is 11.5 Å². The predicted octanol–water partition coefficient (Wildman–Crippen LogP) is 1.53. The number of Topliss-reactive ketones (excluding diaryl/α,β-unsaturated/α-hetero) is 1.